The molecule has 0 unspecified atom stereocenters. The summed E-state index contributed by atoms with van der Waals surface area (Å²) in [6.45, 7) is 2.03. The zero-order valence-electron chi connectivity index (χ0n) is 10.3. The number of rotatable bonds is 4. The third-order valence-corrected chi connectivity index (χ3v) is 4.85. The maximum Gasteiger partial charge on any atom is 0.241 e. The van der Waals surface area contributed by atoms with Gasteiger partial charge in [-0.2, -0.15) is 0 Å². The zero-order chi connectivity index (χ0) is 13.9. The summed E-state index contributed by atoms with van der Waals surface area (Å²) in [6.07, 6.45) is 3.30. The SMILES string of the molecule is Cc1cc(I)ccc1S(=O)(=O)NCc1cccnc1. The van der Waals surface area contributed by atoms with Crippen LogP contribution in [0.2, 0.25) is 0 Å². The van der Waals surface area contributed by atoms with E-state index in [2.05, 4.69) is 32.3 Å². The summed E-state index contributed by atoms with van der Waals surface area (Å²) >= 11 is 2.16. The predicted octanol–water partition coefficient (Wildman–Crippen LogP) is 2.47. The summed E-state index contributed by atoms with van der Waals surface area (Å²) in [7, 11) is -3.49. The van der Waals surface area contributed by atoms with Gasteiger partial charge in [-0.05, 0) is 64.9 Å². The third-order valence-electron chi connectivity index (χ3n) is 2.62. The van der Waals surface area contributed by atoms with Crippen LogP contribution in [-0.4, -0.2) is 13.4 Å². The van der Waals surface area contributed by atoms with Gasteiger partial charge in [0.2, 0.25) is 10.0 Å². The number of nitrogens with one attached hydrogen (secondary N) is 1. The minimum atomic E-state index is -3.49. The van der Waals surface area contributed by atoms with Gasteiger partial charge in [-0.15, -0.1) is 0 Å². The molecule has 6 heteroatoms. The summed E-state index contributed by atoms with van der Waals surface area (Å²) in [5, 5.41) is 0. The largest absolute Gasteiger partial charge is 0.264 e. The average molecular weight is 388 g/mol. The van der Waals surface area contributed by atoms with Crippen LogP contribution in [0.3, 0.4) is 0 Å². The molecule has 0 saturated carbocycles. The van der Waals surface area contributed by atoms with Crippen molar-refractivity contribution in [2.24, 2.45) is 0 Å². The number of benzene rings is 1. The lowest BCUT2D eigenvalue weighted by Crippen LogP contribution is -2.24. The van der Waals surface area contributed by atoms with Gasteiger partial charge in [0, 0.05) is 22.5 Å². The molecular formula is C13H13IN2O2S. The second-order valence-corrected chi connectivity index (χ2v) is 7.08. The Labute approximate surface area is 126 Å². The van der Waals surface area contributed by atoms with Crippen molar-refractivity contribution in [1.29, 1.82) is 0 Å². The molecule has 0 spiro atoms. The quantitative estimate of drug-likeness (QED) is 0.819. The maximum atomic E-state index is 12.2. The Balaban J connectivity index is 2.19. The lowest BCUT2D eigenvalue weighted by Gasteiger charge is -2.09. The van der Waals surface area contributed by atoms with E-state index < -0.39 is 10.0 Å². The fourth-order valence-corrected chi connectivity index (χ4v) is 3.56. The van der Waals surface area contributed by atoms with Gasteiger partial charge in [0.1, 0.15) is 0 Å². The minimum Gasteiger partial charge on any atom is -0.264 e. The second kappa shape index (κ2) is 5.98. The number of aromatic nitrogens is 1. The molecule has 1 N–H and O–H groups in total. The Hall–Kier alpha value is -0.990. The number of aryl methyl sites for hydroxylation is 1. The van der Waals surface area contributed by atoms with E-state index in [0.717, 1.165) is 14.7 Å². The number of halogens is 1. The minimum absolute atomic E-state index is 0.238. The van der Waals surface area contributed by atoms with Gasteiger partial charge in [-0.25, -0.2) is 13.1 Å². The Kier molecular flexibility index (Phi) is 4.54. The van der Waals surface area contributed by atoms with Crippen LogP contribution in [0.25, 0.3) is 0 Å². The van der Waals surface area contributed by atoms with Crippen LogP contribution in [-0.2, 0) is 16.6 Å². The number of nitrogens with zero attached hydrogens (tertiary/aromatic N) is 1. The molecule has 0 aliphatic rings. The Bertz CT molecular complexity index is 672. The number of hydrogen-bond donors (Lipinski definition) is 1. The van der Waals surface area contributed by atoms with Gasteiger partial charge in [0.15, 0.2) is 0 Å². The molecule has 0 fully saturated rings. The number of hydrogen-bond acceptors (Lipinski definition) is 3. The molecule has 1 aromatic heterocycles. The Morgan fingerprint density at radius 2 is 2.11 bits per heavy atom. The molecule has 19 heavy (non-hydrogen) atoms. The first kappa shape index (κ1) is 14.4. The smallest absolute Gasteiger partial charge is 0.241 e. The highest BCUT2D eigenvalue weighted by Gasteiger charge is 2.16. The Morgan fingerprint density at radius 3 is 2.74 bits per heavy atom. The summed E-state index contributed by atoms with van der Waals surface area (Å²) in [5.41, 5.74) is 1.57. The van der Waals surface area contributed by atoms with Crippen LogP contribution >= 0.6 is 22.6 Å². The van der Waals surface area contributed by atoms with E-state index in [1.165, 1.54) is 0 Å². The van der Waals surface area contributed by atoms with Crippen molar-refractivity contribution >= 4 is 32.6 Å². The van der Waals surface area contributed by atoms with Crippen LogP contribution in [0.1, 0.15) is 11.1 Å². The lowest BCUT2D eigenvalue weighted by atomic mass is 10.2. The summed E-state index contributed by atoms with van der Waals surface area (Å²) in [4.78, 5) is 4.27. The van der Waals surface area contributed by atoms with Gasteiger partial charge >= 0.3 is 0 Å². The van der Waals surface area contributed by atoms with Gasteiger partial charge in [0.05, 0.1) is 4.90 Å². The number of sulfonamides is 1. The van der Waals surface area contributed by atoms with Gasteiger partial charge in [-0.1, -0.05) is 6.07 Å². The highest BCUT2D eigenvalue weighted by molar-refractivity contribution is 14.1. The van der Waals surface area contributed by atoms with Gasteiger partial charge < -0.3 is 0 Å². The molecule has 100 valence electrons. The predicted molar refractivity (Wildman–Crippen MR) is 82.2 cm³/mol. The topological polar surface area (TPSA) is 59.1 Å². The van der Waals surface area contributed by atoms with Crippen LogP contribution in [0.15, 0.2) is 47.6 Å². The normalized spacial score (nSPS) is 11.5. The van der Waals surface area contributed by atoms with Crippen molar-refractivity contribution in [1.82, 2.24) is 9.71 Å². The molecule has 0 aliphatic carbocycles. The van der Waals surface area contributed by atoms with E-state index in [1.54, 1.807) is 37.5 Å². The van der Waals surface area contributed by atoms with E-state index in [-0.39, 0.29) is 6.54 Å². The molecule has 0 atom stereocenters. The van der Waals surface area contributed by atoms with Crippen LogP contribution in [0.4, 0.5) is 0 Å². The Morgan fingerprint density at radius 1 is 1.32 bits per heavy atom. The van der Waals surface area contributed by atoms with Crippen molar-refractivity contribution in [3.63, 3.8) is 0 Å². The van der Waals surface area contributed by atoms with Gasteiger partial charge in [0.25, 0.3) is 0 Å². The molecule has 0 bridgehead atoms. The molecule has 1 heterocycles. The fraction of sp³-hybridized carbons (Fsp3) is 0.154. The molecule has 0 radical (unpaired) electrons. The first-order valence-electron chi connectivity index (χ1n) is 5.64. The average Bonchev–Trinajstić information content (AvgIpc) is 2.37. The van der Waals surface area contributed by atoms with E-state index in [4.69, 9.17) is 0 Å². The van der Waals surface area contributed by atoms with E-state index in [0.29, 0.717) is 4.90 Å². The monoisotopic (exact) mass is 388 g/mol. The van der Waals surface area contributed by atoms with Crippen molar-refractivity contribution in [2.75, 3.05) is 0 Å². The molecule has 4 nitrogen and oxygen atoms in total. The zero-order valence-corrected chi connectivity index (χ0v) is 13.3. The lowest BCUT2D eigenvalue weighted by molar-refractivity contribution is 0.580. The molecule has 2 rings (SSSR count). The van der Waals surface area contributed by atoms with Crippen LogP contribution < -0.4 is 4.72 Å². The summed E-state index contributed by atoms with van der Waals surface area (Å²) < 4.78 is 28.0. The highest BCUT2D eigenvalue weighted by Crippen LogP contribution is 2.18. The van der Waals surface area contributed by atoms with Crippen molar-refractivity contribution in [2.45, 2.75) is 18.4 Å². The van der Waals surface area contributed by atoms with E-state index in [1.807, 2.05) is 12.1 Å². The van der Waals surface area contributed by atoms with Crippen molar-refractivity contribution in [3.8, 4) is 0 Å². The summed E-state index contributed by atoms with van der Waals surface area (Å²) in [6, 6.07) is 8.87. The van der Waals surface area contributed by atoms with Crippen molar-refractivity contribution < 1.29 is 8.42 Å². The van der Waals surface area contributed by atoms with Gasteiger partial charge in [-0.3, -0.25) is 4.98 Å². The van der Waals surface area contributed by atoms with Crippen LogP contribution in [0, 0.1) is 10.5 Å². The van der Waals surface area contributed by atoms with E-state index in [9.17, 15) is 8.42 Å². The van der Waals surface area contributed by atoms with E-state index >= 15 is 0 Å². The number of pyridine rings is 1. The maximum absolute atomic E-state index is 12.2. The molecule has 0 aliphatic heterocycles. The molecule has 2 aromatic rings. The van der Waals surface area contributed by atoms with Crippen LogP contribution in [0.5, 0.6) is 0 Å². The summed E-state index contributed by atoms with van der Waals surface area (Å²) in [5.74, 6) is 0. The second-order valence-electron chi connectivity index (χ2n) is 4.10. The van der Waals surface area contributed by atoms with Crippen molar-refractivity contribution in [3.05, 3.63) is 57.4 Å². The first-order chi connectivity index (χ1) is 8.99. The standard InChI is InChI=1S/C13H13IN2O2S/c1-10-7-12(14)4-5-13(10)19(17,18)16-9-11-3-2-6-15-8-11/h2-8,16H,9H2,1H3. The molecule has 0 amide bonds. The highest BCUT2D eigenvalue weighted by atomic mass is 127. The molecule has 0 saturated heterocycles. The third kappa shape index (κ3) is 3.74. The molecule has 1 aromatic carbocycles. The fourth-order valence-electron chi connectivity index (χ4n) is 1.67. The molecular weight excluding hydrogens is 375 g/mol. The first-order valence-corrected chi connectivity index (χ1v) is 8.20.